The maximum atomic E-state index is 7.86. The highest BCUT2D eigenvalue weighted by Gasteiger charge is 2.27. The summed E-state index contributed by atoms with van der Waals surface area (Å²) in [7, 11) is 0. The minimum atomic E-state index is 0.147. The normalized spacial score (nSPS) is 25.6. The highest BCUT2D eigenvalue weighted by Crippen LogP contribution is 2.31. The predicted molar refractivity (Wildman–Crippen MR) is 82.4 cm³/mol. The van der Waals surface area contributed by atoms with E-state index in [1.807, 2.05) is 0 Å². The molecule has 108 valence electrons. The van der Waals surface area contributed by atoms with E-state index >= 15 is 0 Å². The molecule has 2 aliphatic rings. The summed E-state index contributed by atoms with van der Waals surface area (Å²) in [5.74, 6) is 2.52. The Labute approximate surface area is 120 Å². The number of pyridine rings is 1. The molecule has 0 radical (unpaired) electrons. The van der Waals surface area contributed by atoms with Gasteiger partial charge in [0.25, 0.3) is 0 Å². The number of nitrogens with one attached hydrogen (secondary N) is 1. The van der Waals surface area contributed by atoms with Crippen molar-refractivity contribution < 1.29 is 0 Å². The molecule has 1 aromatic rings. The first kappa shape index (κ1) is 13.4. The molecule has 4 nitrogen and oxygen atoms in total. The first-order valence-electron chi connectivity index (χ1n) is 7.68. The Morgan fingerprint density at radius 1 is 1.35 bits per heavy atom. The van der Waals surface area contributed by atoms with E-state index < -0.39 is 0 Å². The number of piperidine rings is 1. The van der Waals surface area contributed by atoms with Gasteiger partial charge in [0.15, 0.2) is 0 Å². The molecule has 1 aliphatic carbocycles. The number of hydrogen-bond donors (Lipinski definition) is 2. The summed E-state index contributed by atoms with van der Waals surface area (Å²) in [4.78, 5) is 7.20. The van der Waals surface area contributed by atoms with Gasteiger partial charge in [-0.05, 0) is 49.1 Å². The first-order valence-corrected chi connectivity index (χ1v) is 7.68. The molecule has 4 heteroatoms. The minimum Gasteiger partial charge on any atom is -0.384 e. The van der Waals surface area contributed by atoms with Crippen LogP contribution < -0.4 is 10.6 Å². The molecular formula is C16H24N4. The largest absolute Gasteiger partial charge is 0.384 e. The van der Waals surface area contributed by atoms with Gasteiger partial charge in [-0.3, -0.25) is 5.41 Å². The molecular weight excluding hydrogens is 248 g/mol. The van der Waals surface area contributed by atoms with Crippen molar-refractivity contribution in [1.82, 2.24) is 4.98 Å². The number of nitrogen functional groups attached to an aromatic ring is 1. The molecule has 0 aromatic carbocycles. The molecule has 1 fully saturated rings. The lowest BCUT2D eigenvalue weighted by Gasteiger charge is -2.37. The van der Waals surface area contributed by atoms with E-state index in [1.54, 1.807) is 0 Å². The molecule has 0 bridgehead atoms. The number of nitrogens with zero attached hydrogens (tertiary/aromatic N) is 2. The molecule has 3 rings (SSSR count). The molecule has 1 saturated heterocycles. The topological polar surface area (TPSA) is 66.0 Å². The second-order valence-corrected chi connectivity index (χ2v) is 6.42. The van der Waals surface area contributed by atoms with Gasteiger partial charge in [-0.1, -0.05) is 13.8 Å². The van der Waals surface area contributed by atoms with Crippen molar-refractivity contribution in [1.29, 1.82) is 5.41 Å². The highest BCUT2D eigenvalue weighted by molar-refractivity contribution is 6.00. The van der Waals surface area contributed by atoms with Gasteiger partial charge in [-0.2, -0.15) is 0 Å². The van der Waals surface area contributed by atoms with E-state index in [1.165, 1.54) is 24.1 Å². The van der Waals surface area contributed by atoms with Crippen LogP contribution in [-0.2, 0) is 12.8 Å². The Bertz CT molecular complexity index is 538. The Morgan fingerprint density at radius 3 is 2.85 bits per heavy atom. The number of hydrogen-bond acceptors (Lipinski definition) is 3. The summed E-state index contributed by atoms with van der Waals surface area (Å²) >= 11 is 0. The average molecular weight is 272 g/mol. The van der Waals surface area contributed by atoms with Crippen LogP contribution in [0.1, 0.15) is 43.5 Å². The standard InChI is InChI=1S/C16H24N4/c1-10-6-7-20(9-11(10)2)16-13(15(17)18)8-12-4-3-5-14(12)19-16/h8,10-11H,3-7,9H2,1-2H3,(H3,17,18). The molecule has 0 amide bonds. The van der Waals surface area contributed by atoms with Crippen LogP contribution in [-0.4, -0.2) is 23.9 Å². The third-order valence-corrected chi connectivity index (χ3v) is 4.95. The molecule has 20 heavy (non-hydrogen) atoms. The molecule has 2 unspecified atom stereocenters. The summed E-state index contributed by atoms with van der Waals surface area (Å²) in [6, 6.07) is 2.11. The summed E-state index contributed by atoms with van der Waals surface area (Å²) in [5.41, 5.74) is 9.13. The van der Waals surface area contributed by atoms with Gasteiger partial charge in [0.2, 0.25) is 0 Å². The smallest absolute Gasteiger partial charge is 0.139 e. The van der Waals surface area contributed by atoms with E-state index in [9.17, 15) is 0 Å². The minimum absolute atomic E-state index is 0.147. The quantitative estimate of drug-likeness (QED) is 0.641. The van der Waals surface area contributed by atoms with Crippen LogP contribution in [0.25, 0.3) is 0 Å². The summed E-state index contributed by atoms with van der Waals surface area (Å²) < 4.78 is 0. The number of aryl methyl sites for hydroxylation is 2. The fourth-order valence-electron chi connectivity index (χ4n) is 3.36. The van der Waals surface area contributed by atoms with Gasteiger partial charge < -0.3 is 10.6 Å². The van der Waals surface area contributed by atoms with Crippen LogP contribution in [0, 0.1) is 17.2 Å². The maximum Gasteiger partial charge on any atom is 0.139 e. The zero-order chi connectivity index (χ0) is 14.3. The van der Waals surface area contributed by atoms with Gasteiger partial charge in [0.1, 0.15) is 11.7 Å². The first-order chi connectivity index (χ1) is 9.56. The lowest BCUT2D eigenvalue weighted by atomic mass is 9.88. The van der Waals surface area contributed by atoms with E-state index in [2.05, 4.69) is 24.8 Å². The van der Waals surface area contributed by atoms with Crippen LogP contribution in [0.4, 0.5) is 5.82 Å². The second-order valence-electron chi connectivity index (χ2n) is 6.42. The zero-order valence-corrected chi connectivity index (χ0v) is 12.4. The van der Waals surface area contributed by atoms with Crippen LogP contribution >= 0.6 is 0 Å². The highest BCUT2D eigenvalue weighted by atomic mass is 15.2. The Hall–Kier alpha value is -1.58. The van der Waals surface area contributed by atoms with Crippen molar-refractivity contribution in [3.63, 3.8) is 0 Å². The molecule has 2 atom stereocenters. The number of anilines is 1. The Morgan fingerprint density at radius 2 is 2.15 bits per heavy atom. The summed E-state index contributed by atoms with van der Waals surface area (Å²) in [6.45, 7) is 6.67. The molecule has 0 spiro atoms. The van der Waals surface area contributed by atoms with Gasteiger partial charge in [0, 0.05) is 18.8 Å². The van der Waals surface area contributed by atoms with Crippen LogP contribution in [0.15, 0.2) is 6.07 Å². The third kappa shape index (κ3) is 2.28. The van der Waals surface area contributed by atoms with Gasteiger partial charge in [-0.15, -0.1) is 0 Å². The number of fused-ring (bicyclic) bond motifs is 1. The summed E-state index contributed by atoms with van der Waals surface area (Å²) in [5, 5.41) is 7.86. The van der Waals surface area contributed by atoms with Crippen LogP contribution in [0.5, 0.6) is 0 Å². The van der Waals surface area contributed by atoms with Gasteiger partial charge in [0.05, 0.1) is 5.56 Å². The number of rotatable bonds is 2. The Balaban J connectivity index is 1.97. The lowest BCUT2D eigenvalue weighted by Crippen LogP contribution is -2.40. The van der Waals surface area contributed by atoms with Crippen molar-refractivity contribution in [3.05, 3.63) is 22.9 Å². The van der Waals surface area contributed by atoms with Crippen LogP contribution in [0.2, 0.25) is 0 Å². The van der Waals surface area contributed by atoms with Crippen molar-refractivity contribution in [2.24, 2.45) is 17.6 Å². The number of aromatic nitrogens is 1. The monoisotopic (exact) mass is 272 g/mol. The second kappa shape index (κ2) is 5.08. The number of amidine groups is 1. The summed E-state index contributed by atoms with van der Waals surface area (Å²) in [6.07, 6.45) is 4.52. The van der Waals surface area contributed by atoms with Crippen LogP contribution in [0.3, 0.4) is 0 Å². The van der Waals surface area contributed by atoms with Crippen molar-refractivity contribution in [2.75, 3.05) is 18.0 Å². The number of nitrogens with two attached hydrogens (primary N) is 1. The average Bonchev–Trinajstić information content (AvgIpc) is 2.87. The zero-order valence-electron chi connectivity index (χ0n) is 12.4. The Kier molecular flexibility index (Phi) is 3.40. The molecule has 3 N–H and O–H groups in total. The SMILES string of the molecule is CC1CCN(c2nc3c(cc2C(=N)N)CCC3)CC1C. The van der Waals surface area contributed by atoms with E-state index in [4.69, 9.17) is 16.1 Å². The molecule has 1 aliphatic heterocycles. The van der Waals surface area contributed by atoms with Crippen molar-refractivity contribution in [2.45, 2.75) is 39.5 Å². The lowest BCUT2D eigenvalue weighted by molar-refractivity contribution is 0.322. The fourth-order valence-corrected chi connectivity index (χ4v) is 3.36. The van der Waals surface area contributed by atoms with E-state index in [-0.39, 0.29) is 5.84 Å². The van der Waals surface area contributed by atoms with Gasteiger partial charge >= 0.3 is 0 Å². The van der Waals surface area contributed by atoms with Crippen molar-refractivity contribution >= 4 is 11.7 Å². The predicted octanol–water partition coefficient (Wildman–Crippen LogP) is 2.34. The van der Waals surface area contributed by atoms with E-state index in [0.717, 1.165) is 43.2 Å². The molecule has 0 saturated carbocycles. The molecule has 1 aromatic heterocycles. The third-order valence-electron chi connectivity index (χ3n) is 4.95. The fraction of sp³-hybridized carbons (Fsp3) is 0.625. The van der Waals surface area contributed by atoms with Crippen molar-refractivity contribution in [3.8, 4) is 0 Å². The van der Waals surface area contributed by atoms with Gasteiger partial charge in [-0.25, -0.2) is 4.98 Å². The maximum absolute atomic E-state index is 7.86. The van der Waals surface area contributed by atoms with E-state index in [0.29, 0.717) is 5.92 Å². The molecule has 2 heterocycles.